The Bertz CT molecular complexity index is 2160. The molecule has 6 aromatic rings. The first kappa shape index (κ1) is 29.0. The number of allylic oxidation sites excluding steroid dienone is 3. The minimum atomic E-state index is -0.0406. The second kappa shape index (κ2) is 12.1. The summed E-state index contributed by atoms with van der Waals surface area (Å²) in [5.74, 6) is 0.317. The van der Waals surface area contributed by atoms with Crippen LogP contribution >= 0.6 is 0 Å². The van der Waals surface area contributed by atoms with E-state index in [2.05, 4.69) is 189 Å². The zero-order valence-corrected chi connectivity index (χ0v) is 27.0. The molecule has 0 bridgehead atoms. The maximum Gasteiger partial charge on any atom is 0.0550 e. The molecule has 228 valence electrons. The van der Waals surface area contributed by atoms with Crippen molar-refractivity contribution in [3.8, 4) is 22.3 Å². The second-order valence-electron chi connectivity index (χ2n) is 13.4. The zero-order valence-electron chi connectivity index (χ0n) is 27.0. The minimum Gasteiger partial charge on any atom is -0.378 e. The molecule has 0 heterocycles. The molecule has 1 heteroatoms. The van der Waals surface area contributed by atoms with Gasteiger partial charge in [0.15, 0.2) is 0 Å². The SMILES string of the molecule is CC1(C)c2cc3ccccc3cc2-c2c(-c3cccc(/C=C/Cc4ccc(NC5C=CC=CC5c5ccccc5)cc4)c3)cccc21. The predicted molar refractivity (Wildman–Crippen MR) is 201 cm³/mol. The van der Waals surface area contributed by atoms with Gasteiger partial charge in [0.05, 0.1) is 6.04 Å². The third-order valence-electron chi connectivity index (χ3n) is 10.0. The van der Waals surface area contributed by atoms with E-state index >= 15 is 0 Å². The van der Waals surface area contributed by atoms with Crippen molar-refractivity contribution in [2.75, 3.05) is 5.32 Å². The molecule has 0 aliphatic heterocycles. The van der Waals surface area contributed by atoms with Gasteiger partial charge in [0.25, 0.3) is 0 Å². The van der Waals surface area contributed by atoms with Crippen molar-refractivity contribution in [2.45, 2.75) is 37.6 Å². The highest BCUT2D eigenvalue weighted by atomic mass is 14.9. The minimum absolute atomic E-state index is 0.0406. The summed E-state index contributed by atoms with van der Waals surface area (Å²) in [7, 11) is 0. The fraction of sp³-hybridized carbons (Fsp3) is 0.130. The first-order valence-electron chi connectivity index (χ1n) is 16.7. The largest absolute Gasteiger partial charge is 0.378 e. The standard InChI is InChI=1S/C46H39N/c1-46(2)42-23-12-22-40(45(42)41-30-35-18-6-7-19-36(35)31-43(41)46)37-20-11-15-33(29-37)14-10-13-32-25-27-38(28-26-32)47-44-24-9-8-21-39(44)34-16-4-3-5-17-34/h3-12,14-31,39,44,47H,13H2,1-2H3/b14-10+. The van der Waals surface area contributed by atoms with E-state index in [-0.39, 0.29) is 11.5 Å². The molecule has 0 fully saturated rings. The van der Waals surface area contributed by atoms with Gasteiger partial charge >= 0.3 is 0 Å². The predicted octanol–water partition coefficient (Wildman–Crippen LogP) is 11.8. The molecule has 2 unspecified atom stereocenters. The lowest BCUT2D eigenvalue weighted by molar-refractivity contribution is 0.661. The molecule has 8 rings (SSSR count). The number of anilines is 1. The molecule has 0 amide bonds. The molecular formula is C46H39N. The van der Waals surface area contributed by atoms with Crippen LogP contribution in [0.4, 0.5) is 5.69 Å². The van der Waals surface area contributed by atoms with Crippen LogP contribution in [0.5, 0.6) is 0 Å². The van der Waals surface area contributed by atoms with Crippen LogP contribution < -0.4 is 5.32 Å². The zero-order chi connectivity index (χ0) is 31.8. The first-order chi connectivity index (χ1) is 23.0. The number of benzene rings is 6. The van der Waals surface area contributed by atoms with Crippen molar-refractivity contribution < 1.29 is 0 Å². The second-order valence-corrected chi connectivity index (χ2v) is 13.4. The van der Waals surface area contributed by atoms with Crippen molar-refractivity contribution >= 4 is 22.5 Å². The van der Waals surface area contributed by atoms with Gasteiger partial charge in [-0.15, -0.1) is 0 Å². The third kappa shape index (κ3) is 5.53. The van der Waals surface area contributed by atoms with Crippen LogP contribution in [-0.4, -0.2) is 6.04 Å². The summed E-state index contributed by atoms with van der Waals surface area (Å²) in [5.41, 5.74) is 13.1. The first-order valence-corrected chi connectivity index (χ1v) is 16.7. The number of nitrogens with one attached hydrogen (secondary N) is 1. The Morgan fingerprint density at radius 2 is 1.38 bits per heavy atom. The van der Waals surface area contributed by atoms with Crippen molar-refractivity contribution in [3.63, 3.8) is 0 Å². The van der Waals surface area contributed by atoms with E-state index in [4.69, 9.17) is 0 Å². The van der Waals surface area contributed by atoms with E-state index < -0.39 is 0 Å². The lowest BCUT2D eigenvalue weighted by Gasteiger charge is -2.26. The van der Waals surface area contributed by atoms with Crippen molar-refractivity contribution in [2.24, 2.45) is 0 Å². The van der Waals surface area contributed by atoms with Crippen LogP contribution in [0.2, 0.25) is 0 Å². The molecule has 0 aromatic heterocycles. The van der Waals surface area contributed by atoms with Gasteiger partial charge in [-0.3, -0.25) is 0 Å². The molecular weight excluding hydrogens is 567 g/mol. The molecule has 2 atom stereocenters. The number of rotatable bonds is 7. The summed E-state index contributed by atoms with van der Waals surface area (Å²) in [6, 6.07) is 49.2. The van der Waals surface area contributed by atoms with Crippen LogP contribution in [0.15, 0.2) is 164 Å². The summed E-state index contributed by atoms with van der Waals surface area (Å²) < 4.78 is 0. The fourth-order valence-corrected chi connectivity index (χ4v) is 7.52. The molecule has 0 radical (unpaired) electrons. The molecule has 47 heavy (non-hydrogen) atoms. The van der Waals surface area contributed by atoms with Gasteiger partial charge in [-0.1, -0.05) is 153 Å². The van der Waals surface area contributed by atoms with Gasteiger partial charge in [-0.25, -0.2) is 0 Å². The molecule has 2 aliphatic carbocycles. The van der Waals surface area contributed by atoms with Gasteiger partial charge in [0, 0.05) is 17.0 Å². The maximum atomic E-state index is 3.74. The Morgan fingerprint density at radius 1 is 0.638 bits per heavy atom. The average molecular weight is 606 g/mol. The topological polar surface area (TPSA) is 12.0 Å². The van der Waals surface area contributed by atoms with Crippen molar-refractivity contribution in [1.29, 1.82) is 0 Å². The maximum absolute atomic E-state index is 3.74. The molecule has 0 spiro atoms. The van der Waals surface area contributed by atoms with Crippen LogP contribution in [0, 0.1) is 0 Å². The fourth-order valence-electron chi connectivity index (χ4n) is 7.52. The third-order valence-corrected chi connectivity index (χ3v) is 10.0. The highest BCUT2D eigenvalue weighted by Crippen LogP contribution is 2.53. The molecule has 0 saturated carbocycles. The Labute approximate surface area is 278 Å². The average Bonchev–Trinajstić information content (AvgIpc) is 3.34. The number of hydrogen-bond donors (Lipinski definition) is 1. The molecule has 1 N–H and O–H groups in total. The van der Waals surface area contributed by atoms with E-state index in [0.717, 1.165) is 12.1 Å². The van der Waals surface area contributed by atoms with Crippen molar-refractivity contribution in [1.82, 2.24) is 0 Å². The van der Waals surface area contributed by atoms with Gasteiger partial charge in [-0.2, -0.15) is 0 Å². The van der Waals surface area contributed by atoms with Crippen LogP contribution in [0.1, 0.15) is 47.6 Å². The van der Waals surface area contributed by atoms with E-state index in [0.29, 0.717) is 5.92 Å². The van der Waals surface area contributed by atoms with E-state index in [1.807, 2.05) is 0 Å². The summed E-state index contributed by atoms with van der Waals surface area (Å²) in [5, 5.41) is 6.35. The van der Waals surface area contributed by atoms with E-state index in [1.165, 1.54) is 60.8 Å². The van der Waals surface area contributed by atoms with Crippen molar-refractivity contribution in [3.05, 3.63) is 192 Å². The summed E-state index contributed by atoms with van der Waals surface area (Å²) >= 11 is 0. The highest BCUT2D eigenvalue weighted by molar-refractivity contribution is 5.98. The quantitative estimate of drug-likeness (QED) is 0.191. The van der Waals surface area contributed by atoms with Gasteiger partial charge in [-0.05, 0) is 97.6 Å². The van der Waals surface area contributed by atoms with E-state index in [1.54, 1.807) is 0 Å². The molecule has 2 aliphatic rings. The lowest BCUT2D eigenvalue weighted by Crippen LogP contribution is -2.25. The van der Waals surface area contributed by atoms with Crippen LogP contribution in [0.3, 0.4) is 0 Å². The van der Waals surface area contributed by atoms with Gasteiger partial charge < -0.3 is 5.32 Å². The monoisotopic (exact) mass is 605 g/mol. The Morgan fingerprint density at radius 3 is 2.21 bits per heavy atom. The smallest absolute Gasteiger partial charge is 0.0550 e. The molecule has 6 aromatic carbocycles. The summed E-state index contributed by atoms with van der Waals surface area (Å²) in [4.78, 5) is 0. The number of hydrogen-bond acceptors (Lipinski definition) is 1. The normalized spacial score (nSPS) is 17.6. The summed E-state index contributed by atoms with van der Waals surface area (Å²) in [6.07, 6.45) is 14.3. The lowest BCUT2D eigenvalue weighted by atomic mass is 9.81. The summed E-state index contributed by atoms with van der Waals surface area (Å²) in [6.45, 7) is 4.73. The molecule has 0 saturated heterocycles. The Kier molecular flexibility index (Phi) is 7.46. The highest BCUT2D eigenvalue weighted by Gasteiger charge is 2.37. The van der Waals surface area contributed by atoms with Gasteiger partial charge in [0.1, 0.15) is 0 Å². The van der Waals surface area contributed by atoms with Crippen LogP contribution in [-0.2, 0) is 11.8 Å². The molecule has 1 nitrogen and oxygen atoms in total. The van der Waals surface area contributed by atoms with Crippen LogP contribution in [0.25, 0.3) is 39.1 Å². The van der Waals surface area contributed by atoms with Gasteiger partial charge in [0.2, 0.25) is 0 Å². The number of fused-ring (bicyclic) bond motifs is 4. The van der Waals surface area contributed by atoms with E-state index in [9.17, 15) is 0 Å². The Hall–Kier alpha value is -5.40. The Balaban J connectivity index is 0.999.